The van der Waals surface area contributed by atoms with Crippen molar-refractivity contribution in [1.29, 1.82) is 0 Å². The first-order valence-corrected chi connectivity index (χ1v) is 3.50. The fourth-order valence-electron chi connectivity index (χ4n) is 0.617. The van der Waals surface area contributed by atoms with Gasteiger partial charge in [0.25, 0.3) is 0 Å². The third kappa shape index (κ3) is 1.53. The summed E-state index contributed by atoms with van der Waals surface area (Å²) in [5.74, 6) is 0. The Bertz CT molecular complexity index is 184. The molecule has 0 radical (unpaired) electrons. The second-order valence-corrected chi connectivity index (χ2v) is 2.39. The van der Waals surface area contributed by atoms with Crippen LogP contribution in [0.1, 0.15) is 0 Å². The summed E-state index contributed by atoms with van der Waals surface area (Å²) in [7, 11) is 0. The van der Waals surface area contributed by atoms with Crippen molar-refractivity contribution in [1.82, 2.24) is 9.55 Å². The summed E-state index contributed by atoms with van der Waals surface area (Å²) < 4.78 is 2.79. The second-order valence-electron chi connectivity index (χ2n) is 1.68. The lowest BCUT2D eigenvalue weighted by Gasteiger charge is -1.97. The molecule has 0 saturated heterocycles. The van der Waals surface area contributed by atoms with Gasteiger partial charge in [-0.2, -0.15) is 0 Å². The van der Waals surface area contributed by atoms with Crippen molar-refractivity contribution in [3.05, 3.63) is 17.1 Å². The lowest BCUT2D eigenvalue weighted by atomic mass is 10.6. The van der Waals surface area contributed by atoms with Crippen LogP contribution in [0.4, 0.5) is 0 Å². The highest BCUT2D eigenvalue weighted by Crippen LogP contribution is 2.04. The van der Waals surface area contributed by atoms with E-state index in [2.05, 4.69) is 20.9 Å². The van der Waals surface area contributed by atoms with Crippen LogP contribution < -0.4 is 5.73 Å². The molecule has 0 bridgehead atoms. The summed E-state index contributed by atoms with van der Waals surface area (Å²) in [5.41, 5.74) is 5.32. The van der Waals surface area contributed by atoms with Crippen LogP contribution in [-0.4, -0.2) is 16.1 Å². The third-order valence-electron chi connectivity index (χ3n) is 1.03. The molecular formula is C5H8BrN3. The number of imidazole rings is 1. The number of rotatable bonds is 2. The van der Waals surface area contributed by atoms with Crippen LogP contribution in [0.25, 0.3) is 0 Å². The zero-order chi connectivity index (χ0) is 6.69. The first-order valence-electron chi connectivity index (χ1n) is 2.71. The van der Waals surface area contributed by atoms with Gasteiger partial charge in [-0.05, 0) is 15.9 Å². The largest absolute Gasteiger partial charge is 0.329 e. The van der Waals surface area contributed by atoms with Crippen LogP contribution in [0.2, 0.25) is 0 Å². The zero-order valence-corrected chi connectivity index (χ0v) is 6.50. The average Bonchev–Trinajstić information content (AvgIpc) is 2.18. The molecule has 4 heteroatoms. The number of aromatic nitrogens is 2. The number of hydrogen-bond acceptors (Lipinski definition) is 2. The minimum absolute atomic E-state index is 0.648. The molecule has 0 amide bonds. The van der Waals surface area contributed by atoms with E-state index < -0.39 is 0 Å². The number of nitrogens with two attached hydrogens (primary N) is 1. The molecule has 1 heterocycles. The summed E-state index contributed by atoms with van der Waals surface area (Å²) in [6.07, 6.45) is 3.62. The Balaban J connectivity index is 2.69. The molecule has 2 N–H and O–H groups in total. The minimum Gasteiger partial charge on any atom is -0.329 e. The summed E-state index contributed by atoms with van der Waals surface area (Å²) >= 11 is 3.26. The fraction of sp³-hybridized carbons (Fsp3) is 0.400. The van der Waals surface area contributed by atoms with Gasteiger partial charge in [-0.1, -0.05) is 0 Å². The van der Waals surface area contributed by atoms with Crippen molar-refractivity contribution in [2.45, 2.75) is 6.54 Å². The third-order valence-corrected chi connectivity index (χ3v) is 1.69. The van der Waals surface area contributed by atoms with Gasteiger partial charge in [-0.3, -0.25) is 0 Å². The Morgan fingerprint density at radius 1 is 1.78 bits per heavy atom. The van der Waals surface area contributed by atoms with Crippen molar-refractivity contribution in [3.63, 3.8) is 0 Å². The highest BCUT2D eigenvalue weighted by molar-refractivity contribution is 9.10. The molecule has 0 saturated carbocycles. The molecule has 1 aromatic rings. The Labute approximate surface area is 62.0 Å². The van der Waals surface area contributed by atoms with E-state index in [1.807, 2.05) is 10.8 Å². The maximum absolute atomic E-state index is 5.32. The monoisotopic (exact) mass is 189 g/mol. The van der Waals surface area contributed by atoms with Crippen LogP contribution in [0.5, 0.6) is 0 Å². The van der Waals surface area contributed by atoms with Crippen LogP contribution >= 0.6 is 15.9 Å². The van der Waals surface area contributed by atoms with Crippen molar-refractivity contribution in [3.8, 4) is 0 Å². The molecule has 0 spiro atoms. The maximum Gasteiger partial charge on any atom is 0.177 e. The summed E-state index contributed by atoms with van der Waals surface area (Å²) in [4.78, 5) is 3.96. The normalized spacial score (nSPS) is 10.0. The van der Waals surface area contributed by atoms with E-state index in [1.54, 1.807) is 6.20 Å². The Hall–Kier alpha value is -0.350. The molecule has 9 heavy (non-hydrogen) atoms. The molecule has 0 aliphatic rings. The Morgan fingerprint density at radius 3 is 3.00 bits per heavy atom. The van der Waals surface area contributed by atoms with Gasteiger partial charge in [0.05, 0.1) is 0 Å². The molecule has 0 unspecified atom stereocenters. The standard InChI is InChI=1S/C5H8BrN3/c6-5-8-2-4-9(5)3-1-7/h2,4H,1,3,7H2. The van der Waals surface area contributed by atoms with E-state index in [9.17, 15) is 0 Å². The summed E-state index contributed by atoms with van der Waals surface area (Å²) in [5, 5.41) is 0. The van der Waals surface area contributed by atoms with E-state index in [4.69, 9.17) is 5.73 Å². The highest BCUT2D eigenvalue weighted by atomic mass is 79.9. The zero-order valence-electron chi connectivity index (χ0n) is 4.92. The Morgan fingerprint density at radius 2 is 2.56 bits per heavy atom. The van der Waals surface area contributed by atoms with Gasteiger partial charge < -0.3 is 10.3 Å². The van der Waals surface area contributed by atoms with Gasteiger partial charge in [0, 0.05) is 25.5 Å². The van der Waals surface area contributed by atoms with Crippen LogP contribution in [-0.2, 0) is 6.54 Å². The lowest BCUT2D eigenvalue weighted by Crippen LogP contribution is -2.08. The maximum atomic E-state index is 5.32. The number of hydrogen-bond donors (Lipinski definition) is 1. The van der Waals surface area contributed by atoms with Gasteiger partial charge in [0.15, 0.2) is 4.73 Å². The predicted molar refractivity (Wildman–Crippen MR) is 39.0 cm³/mol. The van der Waals surface area contributed by atoms with Gasteiger partial charge in [0.1, 0.15) is 0 Å². The predicted octanol–water partition coefficient (Wildman–Crippen LogP) is 0.604. The molecule has 0 aliphatic carbocycles. The molecule has 0 fully saturated rings. The van der Waals surface area contributed by atoms with Gasteiger partial charge >= 0.3 is 0 Å². The smallest absolute Gasteiger partial charge is 0.177 e. The van der Waals surface area contributed by atoms with Gasteiger partial charge in [-0.15, -0.1) is 0 Å². The van der Waals surface area contributed by atoms with Crippen molar-refractivity contribution >= 4 is 15.9 Å². The number of halogens is 1. The van der Waals surface area contributed by atoms with E-state index in [1.165, 1.54) is 0 Å². The van der Waals surface area contributed by atoms with Crippen LogP contribution in [0.3, 0.4) is 0 Å². The SMILES string of the molecule is NCCn1ccnc1Br. The average molecular weight is 190 g/mol. The summed E-state index contributed by atoms with van der Waals surface area (Å²) in [6.45, 7) is 1.47. The first kappa shape index (κ1) is 6.77. The molecule has 1 aromatic heterocycles. The van der Waals surface area contributed by atoms with Crippen molar-refractivity contribution in [2.75, 3.05) is 6.54 Å². The highest BCUT2D eigenvalue weighted by Gasteiger charge is 1.93. The molecule has 0 aromatic carbocycles. The van der Waals surface area contributed by atoms with Crippen molar-refractivity contribution < 1.29 is 0 Å². The van der Waals surface area contributed by atoms with E-state index in [-0.39, 0.29) is 0 Å². The molecule has 3 nitrogen and oxygen atoms in total. The van der Waals surface area contributed by atoms with E-state index >= 15 is 0 Å². The molecule has 0 aliphatic heterocycles. The molecule has 0 atom stereocenters. The van der Waals surface area contributed by atoms with E-state index in [0.717, 1.165) is 11.3 Å². The second kappa shape index (κ2) is 2.98. The first-order chi connectivity index (χ1) is 4.34. The molecule has 1 rings (SSSR count). The van der Waals surface area contributed by atoms with Crippen molar-refractivity contribution in [2.24, 2.45) is 5.73 Å². The summed E-state index contributed by atoms with van der Waals surface area (Å²) in [6, 6.07) is 0. The topological polar surface area (TPSA) is 43.8 Å². The van der Waals surface area contributed by atoms with E-state index in [0.29, 0.717) is 6.54 Å². The molecular weight excluding hydrogens is 182 g/mol. The quantitative estimate of drug-likeness (QED) is 0.742. The Kier molecular flexibility index (Phi) is 2.24. The fourth-order valence-corrected chi connectivity index (χ4v) is 1.03. The lowest BCUT2D eigenvalue weighted by molar-refractivity contribution is 0.692. The molecule has 50 valence electrons. The van der Waals surface area contributed by atoms with Crippen LogP contribution in [0, 0.1) is 0 Å². The van der Waals surface area contributed by atoms with Gasteiger partial charge in [0.2, 0.25) is 0 Å². The minimum atomic E-state index is 0.648. The van der Waals surface area contributed by atoms with Crippen LogP contribution in [0.15, 0.2) is 17.1 Å². The number of nitrogens with zero attached hydrogens (tertiary/aromatic N) is 2. The van der Waals surface area contributed by atoms with Gasteiger partial charge in [-0.25, -0.2) is 4.98 Å².